The van der Waals surface area contributed by atoms with Gasteiger partial charge in [-0.2, -0.15) is 4.31 Å². The second-order valence-electron chi connectivity index (χ2n) is 4.75. The number of morpholine rings is 1. The van der Waals surface area contributed by atoms with E-state index in [1.807, 2.05) is 0 Å². The van der Waals surface area contributed by atoms with Crippen molar-refractivity contribution in [2.45, 2.75) is 17.9 Å². The third-order valence-electron chi connectivity index (χ3n) is 3.34. The van der Waals surface area contributed by atoms with Gasteiger partial charge in [0, 0.05) is 12.2 Å². The molecule has 1 aromatic rings. The molecular formula is C13H18N2O5S. The van der Waals surface area contributed by atoms with Gasteiger partial charge >= 0.3 is 5.97 Å². The van der Waals surface area contributed by atoms with E-state index in [1.54, 1.807) is 13.0 Å². The molecule has 1 fully saturated rings. The number of methoxy groups -OCH3 is 1. The first-order valence-corrected chi connectivity index (χ1v) is 7.85. The number of nitrogen functional groups attached to an aromatic ring is 1. The minimum atomic E-state index is -3.82. The van der Waals surface area contributed by atoms with E-state index in [2.05, 4.69) is 4.74 Å². The van der Waals surface area contributed by atoms with Crippen molar-refractivity contribution in [2.24, 2.45) is 0 Å². The third-order valence-corrected chi connectivity index (χ3v) is 5.41. The molecule has 7 nitrogen and oxygen atoms in total. The van der Waals surface area contributed by atoms with Crippen molar-refractivity contribution in [1.29, 1.82) is 0 Å². The topological polar surface area (TPSA) is 98.9 Å². The molecule has 1 heterocycles. The summed E-state index contributed by atoms with van der Waals surface area (Å²) in [5, 5.41) is 0. The van der Waals surface area contributed by atoms with Crippen molar-refractivity contribution < 1.29 is 22.7 Å². The molecule has 1 aliphatic heterocycles. The van der Waals surface area contributed by atoms with Gasteiger partial charge in [-0.25, -0.2) is 8.42 Å². The molecule has 1 aliphatic rings. The van der Waals surface area contributed by atoms with Gasteiger partial charge in [-0.1, -0.05) is 0 Å². The van der Waals surface area contributed by atoms with Crippen molar-refractivity contribution in [3.63, 3.8) is 0 Å². The molecule has 2 N–H and O–H groups in total. The van der Waals surface area contributed by atoms with Crippen LogP contribution in [0.4, 0.5) is 5.69 Å². The number of anilines is 1. The number of ether oxygens (including phenoxy) is 2. The fourth-order valence-corrected chi connectivity index (χ4v) is 4.04. The summed E-state index contributed by atoms with van der Waals surface area (Å²) in [6.07, 6.45) is 0. The number of hydrogen-bond donors (Lipinski definition) is 1. The van der Waals surface area contributed by atoms with E-state index >= 15 is 0 Å². The zero-order valence-electron chi connectivity index (χ0n) is 11.9. The maximum atomic E-state index is 12.8. The lowest BCUT2D eigenvalue weighted by atomic mass is 10.2. The van der Waals surface area contributed by atoms with Gasteiger partial charge in [0.25, 0.3) is 0 Å². The van der Waals surface area contributed by atoms with Crippen molar-refractivity contribution in [1.82, 2.24) is 4.31 Å². The maximum Gasteiger partial charge on any atom is 0.326 e. The molecule has 0 bridgehead atoms. The molecule has 1 saturated heterocycles. The van der Waals surface area contributed by atoms with Crippen molar-refractivity contribution >= 4 is 21.7 Å². The van der Waals surface area contributed by atoms with Crippen LogP contribution in [0.3, 0.4) is 0 Å². The van der Waals surface area contributed by atoms with E-state index in [9.17, 15) is 13.2 Å². The SMILES string of the molecule is COC(=O)C1COCCN1S(=O)(=O)c1ccc(N)cc1C. The minimum absolute atomic E-state index is 0.0140. The van der Waals surface area contributed by atoms with Crippen LogP contribution in [0.15, 0.2) is 23.1 Å². The van der Waals surface area contributed by atoms with E-state index in [0.717, 1.165) is 4.31 Å². The zero-order valence-corrected chi connectivity index (χ0v) is 12.7. The van der Waals surface area contributed by atoms with Crippen LogP contribution >= 0.6 is 0 Å². The van der Waals surface area contributed by atoms with Crippen LogP contribution in [-0.2, 0) is 24.3 Å². The Morgan fingerprint density at radius 1 is 1.48 bits per heavy atom. The molecule has 0 saturated carbocycles. The molecular weight excluding hydrogens is 296 g/mol. The van der Waals surface area contributed by atoms with Crippen LogP contribution in [0.5, 0.6) is 0 Å². The Balaban J connectivity index is 2.43. The second kappa shape index (κ2) is 6.00. The number of esters is 1. The van der Waals surface area contributed by atoms with Gasteiger partial charge in [0.05, 0.1) is 25.2 Å². The predicted molar refractivity (Wildman–Crippen MR) is 76.1 cm³/mol. The fraction of sp³-hybridized carbons (Fsp3) is 0.462. The molecule has 1 unspecified atom stereocenters. The molecule has 2 rings (SSSR count). The highest BCUT2D eigenvalue weighted by atomic mass is 32.2. The van der Waals surface area contributed by atoms with Crippen molar-refractivity contribution in [3.8, 4) is 0 Å². The lowest BCUT2D eigenvalue weighted by Crippen LogP contribution is -2.52. The van der Waals surface area contributed by atoms with Crippen LogP contribution in [0, 0.1) is 6.92 Å². The number of carbonyl (C=O) groups excluding carboxylic acids is 1. The Bertz CT molecular complexity index is 644. The highest BCUT2D eigenvalue weighted by Crippen LogP contribution is 2.25. The Morgan fingerprint density at radius 3 is 2.81 bits per heavy atom. The number of hydrogen-bond acceptors (Lipinski definition) is 6. The summed E-state index contributed by atoms with van der Waals surface area (Å²) in [5.41, 5.74) is 6.66. The average Bonchev–Trinajstić information content (AvgIpc) is 2.46. The lowest BCUT2D eigenvalue weighted by molar-refractivity contribution is -0.149. The molecule has 0 aliphatic carbocycles. The molecule has 0 amide bonds. The summed E-state index contributed by atoms with van der Waals surface area (Å²) >= 11 is 0. The summed E-state index contributed by atoms with van der Waals surface area (Å²) in [7, 11) is -2.60. The standard InChI is InChI=1S/C13H18N2O5S/c1-9-7-10(14)3-4-12(9)21(17,18)15-5-6-20-8-11(15)13(16)19-2/h3-4,7,11H,5-6,8,14H2,1-2H3. The van der Waals surface area contributed by atoms with Gasteiger partial charge in [0.15, 0.2) is 0 Å². The number of nitrogens with zero attached hydrogens (tertiary/aromatic N) is 1. The van der Waals surface area contributed by atoms with Crippen LogP contribution in [-0.4, -0.2) is 51.6 Å². The number of benzene rings is 1. The summed E-state index contributed by atoms with van der Waals surface area (Å²) in [6, 6.07) is 3.59. The first kappa shape index (κ1) is 15.7. The summed E-state index contributed by atoms with van der Waals surface area (Å²) in [6.45, 7) is 1.99. The highest BCUT2D eigenvalue weighted by Gasteiger charge is 2.39. The molecule has 0 radical (unpaired) electrons. The number of nitrogens with two attached hydrogens (primary N) is 1. The van der Waals surface area contributed by atoms with E-state index in [0.29, 0.717) is 11.3 Å². The lowest BCUT2D eigenvalue weighted by Gasteiger charge is -2.32. The van der Waals surface area contributed by atoms with Crippen LogP contribution in [0.2, 0.25) is 0 Å². The van der Waals surface area contributed by atoms with E-state index in [4.69, 9.17) is 10.5 Å². The Hall–Kier alpha value is -1.64. The van der Waals surface area contributed by atoms with Gasteiger partial charge in [0.2, 0.25) is 10.0 Å². The van der Waals surface area contributed by atoms with E-state index in [1.165, 1.54) is 19.2 Å². The van der Waals surface area contributed by atoms with Gasteiger partial charge in [0.1, 0.15) is 6.04 Å². The quantitative estimate of drug-likeness (QED) is 0.629. The van der Waals surface area contributed by atoms with Crippen LogP contribution < -0.4 is 5.73 Å². The first-order valence-electron chi connectivity index (χ1n) is 6.41. The van der Waals surface area contributed by atoms with E-state index < -0.39 is 22.0 Å². The molecule has 0 spiro atoms. The molecule has 1 aromatic carbocycles. The number of sulfonamides is 1. The molecule has 116 valence electrons. The average molecular weight is 314 g/mol. The van der Waals surface area contributed by atoms with Crippen molar-refractivity contribution in [2.75, 3.05) is 32.6 Å². The summed E-state index contributed by atoms with van der Waals surface area (Å²) in [4.78, 5) is 11.9. The molecule has 21 heavy (non-hydrogen) atoms. The Kier molecular flexibility index (Phi) is 4.50. The maximum absolute atomic E-state index is 12.8. The fourth-order valence-electron chi connectivity index (χ4n) is 2.29. The smallest absolute Gasteiger partial charge is 0.326 e. The molecule has 1 atom stereocenters. The minimum Gasteiger partial charge on any atom is -0.468 e. The molecule has 0 aromatic heterocycles. The van der Waals surface area contributed by atoms with Gasteiger partial charge in [-0.05, 0) is 30.7 Å². The number of rotatable bonds is 3. The first-order chi connectivity index (χ1) is 9.87. The van der Waals surface area contributed by atoms with Gasteiger partial charge < -0.3 is 15.2 Å². The van der Waals surface area contributed by atoms with E-state index in [-0.39, 0.29) is 24.7 Å². The normalized spacial score (nSPS) is 20.2. The highest BCUT2D eigenvalue weighted by molar-refractivity contribution is 7.89. The Labute approximate surface area is 123 Å². The van der Waals surface area contributed by atoms with Crippen LogP contribution in [0.1, 0.15) is 5.56 Å². The second-order valence-corrected chi connectivity index (χ2v) is 6.61. The Morgan fingerprint density at radius 2 is 2.19 bits per heavy atom. The number of carbonyl (C=O) groups is 1. The van der Waals surface area contributed by atoms with Gasteiger partial charge in [-0.3, -0.25) is 4.79 Å². The van der Waals surface area contributed by atoms with Crippen molar-refractivity contribution in [3.05, 3.63) is 23.8 Å². The largest absolute Gasteiger partial charge is 0.468 e. The van der Waals surface area contributed by atoms with Crippen LogP contribution in [0.25, 0.3) is 0 Å². The summed E-state index contributed by atoms with van der Waals surface area (Å²) in [5.74, 6) is -0.633. The molecule has 8 heteroatoms. The summed E-state index contributed by atoms with van der Waals surface area (Å²) < 4.78 is 36.5. The predicted octanol–water partition coefficient (Wildman–Crippen LogP) is 0.140. The number of aryl methyl sites for hydroxylation is 1. The third kappa shape index (κ3) is 3.02. The van der Waals surface area contributed by atoms with Gasteiger partial charge in [-0.15, -0.1) is 0 Å². The monoisotopic (exact) mass is 314 g/mol. The zero-order chi connectivity index (χ0) is 15.6.